The van der Waals surface area contributed by atoms with Crippen LogP contribution < -0.4 is 15.4 Å². The van der Waals surface area contributed by atoms with Crippen molar-refractivity contribution in [2.75, 3.05) is 40.4 Å². The lowest BCUT2D eigenvalue weighted by Gasteiger charge is -2.16. The molecule has 2 rings (SSSR count). The molecular formula is C25H36N4O3. The second-order valence-corrected chi connectivity index (χ2v) is 7.91. The van der Waals surface area contributed by atoms with Crippen molar-refractivity contribution in [2.24, 2.45) is 10.9 Å². The first-order valence-corrected chi connectivity index (χ1v) is 11.0. The van der Waals surface area contributed by atoms with Gasteiger partial charge in [-0.25, -0.2) is 4.99 Å². The SMILES string of the molecule is CCNC(=NCc1cccc(OCC(=O)N(C)C)c1)NCC(C)COCc1ccccc1. The Bertz CT molecular complexity index is 840. The summed E-state index contributed by atoms with van der Waals surface area (Å²) in [5, 5.41) is 6.66. The van der Waals surface area contributed by atoms with Gasteiger partial charge < -0.3 is 25.0 Å². The van der Waals surface area contributed by atoms with E-state index in [9.17, 15) is 4.79 Å². The van der Waals surface area contributed by atoms with Gasteiger partial charge in [0, 0.05) is 27.2 Å². The lowest BCUT2D eigenvalue weighted by molar-refractivity contribution is -0.130. The number of carbonyl (C=O) groups excluding carboxylic acids is 1. The van der Waals surface area contributed by atoms with E-state index in [0.29, 0.717) is 31.4 Å². The summed E-state index contributed by atoms with van der Waals surface area (Å²) >= 11 is 0. The number of amides is 1. The van der Waals surface area contributed by atoms with Gasteiger partial charge in [0.2, 0.25) is 0 Å². The molecule has 0 aliphatic rings. The molecule has 0 saturated carbocycles. The molecule has 0 aliphatic carbocycles. The summed E-state index contributed by atoms with van der Waals surface area (Å²) in [4.78, 5) is 17.9. The molecule has 0 radical (unpaired) electrons. The number of rotatable bonds is 12. The molecule has 1 atom stereocenters. The van der Waals surface area contributed by atoms with Gasteiger partial charge in [0.05, 0.1) is 19.8 Å². The van der Waals surface area contributed by atoms with E-state index in [1.165, 1.54) is 10.5 Å². The van der Waals surface area contributed by atoms with Crippen molar-refractivity contribution >= 4 is 11.9 Å². The standard InChI is InChI=1S/C25H36N4O3/c1-5-26-25(27-15-20(2)17-31-18-21-10-7-6-8-11-21)28-16-22-12-9-13-23(14-22)32-19-24(30)29(3)4/h6-14,20H,5,15-19H2,1-4H3,(H2,26,27,28). The number of nitrogens with zero attached hydrogens (tertiary/aromatic N) is 2. The Morgan fingerprint density at radius 3 is 2.53 bits per heavy atom. The molecule has 2 aromatic carbocycles. The summed E-state index contributed by atoms with van der Waals surface area (Å²) in [5.74, 6) is 1.69. The van der Waals surface area contributed by atoms with Crippen LogP contribution in [0.5, 0.6) is 5.75 Å². The third-order valence-corrected chi connectivity index (χ3v) is 4.66. The van der Waals surface area contributed by atoms with Gasteiger partial charge in [0.1, 0.15) is 5.75 Å². The number of hydrogen-bond acceptors (Lipinski definition) is 4. The minimum absolute atomic E-state index is 0.0220. The third-order valence-electron chi connectivity index (χ3n) is 4.66. The van der Waals surface area contributed by atoms with E-state index in [1.54, 1.807) is 14.1 Å². The van der Waals surface area contributed by atoms with Crippen LogP contribution in [0.3, 0.4) is 0 Å². The highest BCUT2D eigenvalue weighted by Gasteiger charge is 2.07. The summed E-state index contributed by atoms with van der Waals surface area (Å²) in [7, 11) is 3.42. The van der Waals surface area contributed by atoms with Crippen molar-refractivity contribution in [3.63, 3.8) is 0 Å². The normalized spacial score (nSPS) is 12.2. The Morgan fingerprint density at radius 2 is 1.81 bits per heavy atom. The lowest BCUT2D eigenvalue weighted by Crippen LogP contribution is -2.40. The van der Waals surface area contributed by atoms with Crippen LogP contribution in [-0.2, 0) is 22.7 Å². The van der Waals surface area contributed by atoms with Gasteiger partial charge in [-0.15, -0.1) is 0 Å². The molecule has 0 aliphatic heterocycles. The smallest absolute Gasteiger partial charge is 0.259 e. The molecule has 0 aromatic heterocycles. The Hall–Kier alpha value is -3.06. The molecular weight excluding hydrogens is 404 g/mol. The van der Waals surface area contributed by atoms with E-state index in [4.69, 9.17) is 9.47 Å². The Labute approximate surface area is 191 Å². The number of nitrogens with one attached hydrogen (secondary N) is 2. The van der Waals surface area contributed by atoms with E-state index in [2.05, 4.69) is 34.7 Å². The topological polar surface area (TPSA) is 75.2 Å². The zero-order valence-electron chi connectivity index (χ0n) is 19.6. The summed E-state index contributed by atoms with van der Waals surface area (Å²) in [6.07, 6.45) is 0. The fraction of sp³-hybridized carbons (Fsp3) is 0.440. The molecule has 0 bridgehead atoms. The van der Waals surface area contributed by atoms with Crippen LogP contribution in [0.25, 0.3) is 0 Å². The van der Waals surface area contributed by atoms with Crippen molar-refractivity contribution in [1.29, 1.82) is 0 Å². The largest absolute Gasteiger partial charge is 0.484 e. The second-order valence-electron chi connectivity index (χ2n) is 7.91. The molecule has 32 heavy (non-hydrogen) atoms. The predicted octanol–water partition coefficient (Wildman–Crippen LogP) is 3.06. The van der Waals surface area contributed by atoms with E-state index >= 15 is 0 Å². The number of hydrogen-bond donors (Lipinski definition) is 2. The number of guanidine groups is 1. The summed E-state index contributed by atoms with van der Waals surface area (Å²) < 4.78 is 11.4. The van der Waals surface area contributed by atoms with Gasteiger partial charge in [-0.1, -0.05) is 49.4 Å². The van der Waals surface area contributed by atoms with Gasteiger partial charge in [0.25, 0.3) is 5.91 Å². The average molecular weight is 441 g/mol. The first-order chi connectivity index (χ1) is 15.5. The highest BCUT2D eigenvalue weighted by atomic mass is 16.5. The van der Waals surface area contributed by atoms with Crippen molar-refractivity contribution < 1.29 is 14.3 Å². The molecule has 7 nitrogen and oxygen atoms in total. The fourth-order valence-electron chi connectivity index (χ4n) is 2.80. The molecule has 0 heterocycles. The van der Waals surface area contributed by atoms with E-state index < -0.39 is 0 Å². The van der Waals surface area contributed by atoms with Gasteiger partial charge in [0.15, 0.2) is 12.6 Å². The van der Waals surface area contributed by atoms with E-state index in [0.717, 1.165) is 24.6 Å². The maximum absolute atomic E-state index is 11.7. The average Bonchev–Trinajstić information content (AvgIpc) is 2.80. The van der Waals surface area contributed by atoms with Crippen LogP contribution in [0.2, 0.25) is 0 Å². The van der Waals surface area contributed by atoms with Crippen LogP contribution >= 0.6 is 0 Å². The van der Waals surface area contributed by atoms with E-state index in [-0.39, 0.29) is 12.5 Å². The summed E-state index contributed by atoms with van der Waals surface area (Å²) in [6.45, 7) is 7.56. The zero-order chi connectivity index (χ0) is 23.2. The van der Waals surface area contributed by atoms with Crippen LogP contribution in [0.15, 0.2) is 59.6 Å². The third kappa shape index (κ3) is 9.83. The van der Waals surface area contributed by atoms with Gasteiger partial charge >= 0.3 is 0 Å². The van der Waals surface area contributed by atoms with Crippen molar-refractivity contribution in [1.82, 2.24) is 15.5 Å². The maximum Gasteiger partial charge on any atom is 0.259 e. The number of benzene rings is 2. The van der Waals surface area contributed by atoms with Gasteiger partial charge in [-0.05, 0) is 36.1 Å². The molecule has 1 amide bonds. The van der Waals surface area contributed by atoms with Crippen LogP contribution in [-0.4, -0.2) is 57.2 Å². The summed E-state index contributed by atoms with van der Waals surface area (Å²) in [6, 6.07) is 17.8. The number of ether oxygens (including phenoxy) is 2. The Balaban J connectivity index is 1.80. The van der Waals surface area contributed by atoms with Crippen molar-refractivity contribution in [2.45, 2.75) is 27.0 Å². The molecule has 0 saturated heterocycles. The molecule has 2 aromatic rings. The predicted molar refractivity (Wildman–Crippen MR) is 129 cm³/mol. The first kappa shape index (κ1) is 25.2. The van der Waals surface area contributed by atoms with Crippen molar-refractivity contribution in [3.8, 4) is 5.75 Å². The second kappa shape index (κ2) is 14.1. The lowest BCUT2D eigenvalue weighted by atomic mass is 10.2. The highest BCUT2D eigenvalue weighted by molar-refractivity contribution is 5.79. The molecule has 0 fully saturated rings. The monoisotopic (exact) mass is 440 g/mol. The quantitative estimate of drug-likeness (QED) is 0.392. The van der Waals surface area contributed by atoms with Gasteiger partial charge in [-0.2, -0.15) is 0 Å². The van der Waals surface area contributed by atoms with E-state index in [1.807, 2.05) is 49.4 Å². The van der Waals surface area contributed by atoms with Crippen LogP contribution in [0.1, 0.15) is 25.0 Å². The molecule has 174 valence electrons. The highest BCUT2D eigenvalue weighted by Crippen LogP contribution is 2.14. The molecule has 1 unspecified atom stereocenters. The minimum atomic E-state index is -0.0751. The van der Waals surface area contributed by atoms with Crippen molar-refractivity contribution in [3.05, 3.63) is 65.7 Å². The van der Waals surface area contributed by atoms with Crippen LogP contribution in [0, 0.1) is 5.92 Å². The number of carbonyl (C=O) groups is 1. The Morgan fingerprint density at radius 1 is 1.06 bits per heavy atom. The van der Waals surface area contributed by atoms with Gasteiger partial charge in [-0.3, -0.25) is 4.79 Å². The number of aliphatic imine (C=N–C) groups is 1. The molecule has 0 spiro atoms. The molecule has 7 heteroatoms. The minimum Gasteiger partial charge on any atom is -0.484 e. The fourth-order valence-corrected chi connectivity index (χ4v) is 2.80. The maximum atomic E-state index is 11.7. The molecule has 2 N–H and O–H groups in total. The zero-order valence-corrected chi connectivity index (χ0v) is 19.6. The Kier molecular flexibility index (Phi) is 11.1. The van der Waals surface area contributed by atoms with Crippen LogP contribution in [0.4, 0.5) is 0 Å². The first-order valence-electron chi connectivity index (χ1n) is 11.0. The number of likely N-dealkylation sites (N-methyl/N-ethyl adjacent to an activating group) is 1. The summed E-state index contributed by atoms with van der Waals surface area (Å²) in [5.41, 5.74) is 2.19.